The minimum Gasteiger partial charge on any atom is -0.465 e. The first kappa shape index (κ1) is 21.7. The maximum absolute atomic E-state index is 12.9. The van der Waals surface area contributed by atoms with Gasteiger partial charge < -0.3 is 19.9 Å². The van der Waals surface area contributed by atoms with Crippen LogP contribution in [0.3, 0.4) is 0 Å². The largest absolute Gasteiger partial charge is 0.465 e. The molecule has 0 aromatic heterocycles. The lowest BCUT2D eigenvalue weighted by Gasteiger charge is -2.35. The number of anilines is 2. The fourth-order valence-corrected chi connectivity index (χ4v) is 3.91. The van der Waals surface area contributed by atoms with Crippen molar-refractivity contribution in [1.29, 1.82) is 0 Å². The van der Waals surface area contributed by atoms with E-state index in [0.717, 1.165) is 12.8 Å². The van der Waals surface area contributed by atoms with Crippen molar-refractivity contribution in [2.24, 2.45) is 4.40 Å². The molecule has 2 rings (SSSR count). The summed E-state index contributed by atoms with van der Waals surface area (Å²) in [7, 11) is 0.370. The normalized spacial score (nSPS) is 16.7. The Morgan fingerprint density at radius 3 is 2.64 bits per heavy atom. The summed E-state index contributed by atoms with van der Waals surface area (Å²) in [6.45, 7) is 4.07. The monoisotopic (exact) mass is 410 g/mol. The van der Waals surface area contributed by atoms with Gasteiger partial charge in [0, 0.05) is 20.6 Å². The third kappa shape index (κ3) is 4.44. The van der Waals surface area contributed by atoms with Crippen LogP contribution in [0.5, 0.6) is 0 Å². The van der Waals surface area contributed by atoms with Crippen molar-refractivity contribution in [2.75, 3.05) is 38.0 Å². The molecule has 1 aromatic rings. The molecule has 0 saturated carbocycles. The van der Waals surface area contributed by atoms with Crippen LogP contribution in [0.4, 0.5) is 11.4 Å². The number of methoxy groups -OCH3 is 1. The molecule has 0 aliphatic carbocycles. The van der Waals surface area contributed by atoms with Crippen LogP contribution in [0.15, 0.2) is 21.4 Å². The summed E-state index contributed by atoms with van der Waals surface area (Å²) in [4.78, 5) is 27.6. The number of ether oxygens (including phenoxy) is 1. The minimum absolute atomic E-state index is 0.0329. The molecular weight excluding hydrogens is 384 g/mol. The number of esters is 1. The molecule has 9 nitrogen and oxygen atoms in total. The highest BCUT2D eigenvalue weighted by Gasteiger charge is 2.35. The molecule has 1 amide bonds. The Bertz CT molecular complexity index is 895. The van der Waals surface area contributed by atoms with E-state index in [-0.39, 0.29) is 22.1 Å². The zero-order valence-corrected chi connectivity index (χ0v) is 17.5. The SMILES string of the molecule is CCCCN1C(=O)[C@@H](C)Nc2c1cc(C(=O)OC)cc2S(=O)(=O)N=CN(C)C. The molecule has 10 heteroatoms. The van der Waals surface area contributed by atoms with Gasteiger partial charge in [0.05, 0.1) is 24.0 Å². The lowest BCUT2D eigenvalue weighted by molar-refractivity contribution is -0.119. The predicted octanol–water partition coefficient (Wildman–Crippen LogP) is 1.70. The molecule has 1 heterocycles. The summed E-state index contributed by atoms with van der Waals surface area (Å²) in [5.41, 5.74) is 0.621. The zero-order chi connectivity index (χ0) is 21.1. The summed E-state index contributed by atoms with van der Waals surface area (Å²) >= 11 is 0. The summed E-state index contributed by atoms with van der Waals surface area (Å²) in [6.07, 6.45) is 2.76. The van der Waals surface area contributed by atoms with Crippen molar-refractivity contribution in [3.05, 3.63) is 17.7 Å². The minimum atomic E-state index is -4.13. The van der Waals surface area contributed by atoms with E-state index in [0.29, 0.717) is 12.2 Å². The molecule has 1 aliphatic rings. The van der Waals surface area contributed by atoms with Crippen molar-refractivity contribution < 1.29 is 22.7 Å². The van der Waals surface area contributed by atoms with E-state index in [1.54, 1.807) is 21.0 Å². The molecule has 0 fully saturated rings. The summed E-state index contributed by atoms with van der Waals surface area (Å²) < 4.78 is 34.1. The number of amides is 1. The van der Waals surface area contributed by atoms with Gasteiger partial charge in [0.2, 0.25) is 5.91 Å². The summed E-state index contributed by atoms with van der Waals surface area (Å²) in [5, 5.41) is 2.95. The molecule has 0 bridgehead atoms. The van der Waals surface area contributed by atoms with E-state index in [4.69, 9.17) is 4.74 Å². The summed E-state index contributed by atoms with van der Waals surface area (Å²) in [6, 6.07) is 2.09. The van der Waals surface area contributed by atoms with Gasteiger partial charge in [-0.2, -0.15) is 8.42 Å². The van der Waals surface area contributed by atoms with Crippen molar-refractivity contribution in [3.63, 3.8) is 0 Å². The van der Waals surface area contributed by atoms with Gasteiger partial charge in [0.15, 0.2) is 0 Å². The molecule has 154 valence electrons. The second kappa shape index (κ2) is 8.59. The Kier molecular flexibility index (Phi) is 6.65. The van der Waals surface area contributed by atoms with Crippen LogP contribution < -0.4 is 10.2 Å². The van der Waals surface area contributed by atoms with Crippen LogP contribution >= 0.6 is 0 Å². The number of sulfonamides is 1. The third-order valence-corrected chi connectivity index (χ3v) is 5.47. The number of rotatable bonds is 7. The number of unbranched alkanes of at least 4 members (excludes halogenated alkanes) is 1. The highest BCUT2D eigenvalue weighted by molar-refractivity contribution is 7.90. The maximum atomic E-state index is 12.9. The first-order valence-corrected chi connectivity index (χ1v) is 10.4. The number of hydrogen-bond acceptors (Lipinski definition) is 6. The van der Waals surface area contributed by atoms with E-state index in [1.807, 2.05) is 6.92 Å². The topological polar surface area (TPSA) is 108 Å². The first-order valence-electron chi connectivity index (χ1n) is 8.93. The van der Waals surface area contributed by atoms with Gasteiger partial charge >= 0.3 is 5.97 Å². The molecule has 1 aliphatic heterocycles. The molecule has 28 heavy (non-hydrogen) atoms. The fourth-order valence-electron chi connectivity index (χ4n) is 2.79. The molecule has 0 spiro atoms. The number of benzene rings is 1. The van der Waals surface area contributed by atoms with Gasteiger partial charge in [-0.25, -0.2) is 4.79 Å². The number of carbonyl (C=O) groups is 2. The van der Waals surface area contributed by atoms with Crippen LogP contribution in [-0.2, 0) is 19.6 Å². The Morgan fingerprint density at radius 1 is 1.39 bits per heavy atom. The van der Waals surface area contributed by atoms with E-state index in [2.05, 4.69) is 9.71 Å². The molecular formula is C18H26N4O5S. The van der Waals surface area contributed by atoms with Crippen LogP contribution in [0, 0.1) is 0 Å². The Labute approximate surface area is 165 Å². The Balaban J connectivity index is 2.74. The molecule has 1 N–H and O–H groups in total. The Hall–Kier alpha value is -2.62. The van der Waals surface area contributed by atoms with Crippen molar-refractivity contribution in [1.82, 2.24) is 4.90 Å². The molecule has 0 saturated heterocycles. The zero-order valence-electron chi connectivity index (χ0n) is 16.7. The number of nitrogens with one attached hydrogen (secondary N) is 1. The molecule has 0 radical (unpaired) electrons. The van der Waals surface area contributed by atoms with Crippen molar-refractivity contribution >= 4 is 39.6 Å². The van der Waals surface area contributed by atoms with Crippen molar-refractivity contribution in [3.8, 4) is 0 Å². The van der Waals surface area contributed by atoms with Crippen LogP contribution in [0.2, 0.25) is 0 Å². The molecule has 1 atom stereocenters. The average molecular weight is 410 g/mol. The van der Waals surface area contributed by atoms with Gasteiger partial charge in [-0.05, 0) is 25.5 Å². The second-order valence-electron chi connectivity index (χ2n) is 6.73. The quantitative estimate of drug-likeness (QED) is 0.414. The maximum Gasteiger partial charge on any atom is 0.337 e. The third-order valence-electron chi connectivity index (χ3n) is 4.22. The number of hydrogen-bond donors (Lipinski definition) is 1. The van der Waals surface area contributed by atoms with Gasteiger partial charge in [-0.15, -0.1) is 4.40 Å². The van der Waals surface area contributed by atoms with E-state index >= 15 is 0 Å². The van der Waals surface area contributed by atoms with E-state index in [1.165, 1.54) is 35.4 Å². The van der Waals surface area contributed by atoms with E-state index in [9.17, 15) is 18.0 Å². The van der Waals surface area contributed by atoms with E-state index < -0.39 is 22.0 Å². The highest BCUT2D eigenvalue weighted by atomic mass is 32.2. The molecule has 1 aromatic carbocycles. The number of fused-ring (bicyclic) bond motifs is 1. The molecule has 0 unspecified atom stereocenters. The smallest absolute Gasteiger partial charge is 0.337 e. The number of nitrogens with zero attached hydrogens (tertiary/aromatic N) is 3. The standard InChI is InChI=1S/C18H26N4O5S/c1-6-7-8-22-14-9-13(18(24)27-5)10-15(16(14)20-12(2)17(22)23)28(25,26)19-11-21(3)4/h9-12,20H,6-8H2,1-5H3/t12-/m1/s1. The van der Waals surface area contributed by atoms with Gasteiger partial charge in [-0.1, -0.05) is 13.3 Å². The lowest BCUT2D eigenvalue weighted by atomic mass is 10.1. The van der Waals surface area contributed by atoms with Gasteiger partial charge in [-0.3, -0.25) is 4.79 Å². The fraction of sp³-hybridized carbons (Fsp3) is 0.500. The van der Waals surface area contributed by atoms with Crippen LogP contribution in [0.25, 0.3) is 0 Å². The van der Waals surface area contributed by atoms with Gasteiger partial charge in [0.1, 0.15) is 17.3 Å². The lowest BCUT2D eigenvalue weighted by Crippen LogP contribution is -2.46. The van der Waals surface area contributed by atoms with Crippen LogP contribution in [0.1, 0.15) is 37.0 Å². The number of carbonyl (C=O) groups excluding carboxylic acids is 2. The van der Waals surface area contributed by atoms with Gasteiger partial charge in [0.25, 0.3) is 10.0 Å². The van der Waals surface area contributed by atoms with Crippen LogP contribution in [-0.4, -0.2) is 65.3 Å². The highest BCUT2D eigenvalue weighted by Crippen LogP contribution is 2.39. The predicted molar refractivity (Wildman–Crippen MR) is 107 cm³/mol. The second-order valence-corrected chi connectivity index (χ2v) is 8.33. The first-order chi connectivity index (χ1) is 13.1. The summed E-state index contributed by atoms with van der Waals surface area (Å²) in [5.74, 6) is -0.888. The Morgan fingerprint density at radius 2 is 2.07 bits per heavy atom. The average Bonchev–Trinajstić information content (AvgIpc) is 2.65. The van der Waals surface area contributed by atoms with Crippen molar-refractivity contribution in [2.45, 2.75) is 37.6 Å².